The third-order valence-corrected chi connectivity index (χ3v) is 1.76. The van der Waals surface area contributed by atoms with Gasteiger partial charge in [-0.05, 0) is 13.0 Å². The van der Waals surface area contributed by atoms with Gasteiger partial charge >= 0.3 is 5.97 Å². The van der Waals surface area contributed by atoms with Gasteiger partial charge in [-0.3, -0.25) is 20.2 Å². The van der Waals surface area contributed by atoms with E-state index in [-0.39, 0.29) is 18.4 Å². The first-order valence-electron chi connectivity index (χ1n) is 4.62. The Bertz CT molecular complexity index is 368. The topological polar surface area (TPSA) is 104 Å². The SMILES string of the molecule is C[C@H](NCC(=O)Nc1ncccn1)C(=O)O. The zero-order valence-electron chi connectivity index (χ0n) is 8.67. The molecule has 1 amide bonds. The Balaban J connectivity index is 2.35. The van der Waals surface area contributed by atoms with E-state index in [1.54, 1.807) is 6.07 Å². The van der Waals surface area contributed by atoms with E-state index < -0.39 is 12.0 Å². The Hall–Kier alpha value is -2.02. The summed E-state index contributed by atoms with van der Waals surface area (Å²) in [6, 6.07) is 0.850. The number of rotatable bonds is 5. The average Bonchev–Trinajstić information content (AvgIpc) is 2.27. The van der Waals surface area contributed by atoms with Crippen LogP contribution in [0, 0.1) is 0 Å². The number of aromatic nitrogens is 2. The summed E-state index contributed by atoms with van der Waals surface area (Å²) < 4.78 is 0. The van der Waals surface area contributed by atoms with Crippen molar-refractivity contribution in [1.29, 1.82) is 0 Å². The van der Waals surface area contributed by atoms with Crippen molar-refractivity contribution >= 4 is 17.8 Å². The number of nitrogens with one attached hydrogen (secondary N) is 2. The van der Waals surface area contributed by atoms with E-state index in [2.05, 4.69) is 20.6 Å². The molecule has 1 aromatic rings. The largest absolute Gasteiger partial charge is 0.480 e. The van der Waals surface area contributed by atoms with Crippen LogP contribution in [0.25, 0.3) is 0 Å². The Morgan fingerprint density at radius 3 is 2.62 bits per heavy atom. The van der Waals surface area contributed by atoms with E-state index in [9.17, 15) is 9.59 Å². The highest BCUT2D eigenvalue weighted by molar-refractivity contribution is 5.90. The number of carboxylic acids is 1. The number of nitrogens with zero attached hydrogens (tertiary/aromatic N) is 2. The maximum Gasteiger partial charge on any atom is 0.320 e. The Kier molecular flexibility index (Phi) is 4.34. The molecule has 0 radical (unpaired) electrons. The number of hydrogen-bond acceptors (Lipinski definition) is 5. The summed E-state index contributed by atoms with van der Waals surface area (Å²) in [5, 5.41) is 13.5. The fraction of sp³-hybridized carbons (Fsp3) is 0.333. The van der Waals surface area contributed by atoms with Gasteiger partial charge in [0.2, 0.25) is 11.9 Å². The summed E-state index contributed by atoms with van der Waals surface area (Å²) in [5.74, 6) is -1.21. The quantitative estimate of drug-likeness (QED) is 0.621. The second-order valence-electron chi connectivity index (χ2n) is 3.06. The highest BCUT2D eigenvalue weighted by Gasteiger charge is 2.11. The minimum atomic E-state index is -1.01. The van der Waals surface area contributed by atoms with Crippen LogP contribution in [0.15, 0.2) is 18.5 Å². The van der Waals surface area contributed by atoms with Crippen molar-refractivity contribution < 1.29 is 14.7 Å². The standard InChI is InChI=1S/C9H12N4O3/c1-6(8(15)16)12-5-7(14)13-9-10-3-2-4-11-9/h2-4,6,12H,5H2,1H3,(H,15,16)(H,10,11,13,14)/t6-/m0/s1. The molecule has 7 heteroatoms. The summed E-state index contributed by atoms with van der Waals surface area (Å²) in [7, 11) is 0. The summed E-state index contributed by atoms with van der Waals surface area (Å²) in [5.41, 5.74) is 0. The number of carboxylic acid groups (broad SMARTS) is 1. The molecule has 0 unspecified atom stereocenters. The van der Waals surface area contributed by atoms with Crippen LogP contribution in [-0.4, -0.2) is 39.5 Å². The lowest BCUT2D eigenvalue weighted by molar-refractivity contribution is -0.139. The third kappa shape index (κ3) is 4.01. The van der Waals surface area contributed by atoms with Crippen molar-refractivity contribution in [3.63, 3.8) is 0 Å². The molecule has 1 atom stereocenters. The molecule has 16 heavy (non-hydrogen) atoms. The van der Waals surface area contributed by atoms with Gasteiger partial charge in [-0.25, -0.2) is 9.97 Å². The lowest BCUT2D eigenvalue weighted by atomic mass is 10.3. The molecule has 0 aliphatic rings. The Morgan fingerprint density at radius 1 is 1.44 bits per heavy atom. The monoisotopic (exact) mass is 224 g/mol. The molecule has 0 aliphatic carbocycles. The van der Waals surface area contributed by atoms with Crippen LogP contribution in [0.5, 0.6) is 0 Å². The van der Waals surface area contributed by atoms with Crippen molar-refractivity contribution in [2.45, 2.75) is 13.0 Å². The molecule has 1 aromatic heterocycles. The number of carbonyl (C=O) groups excluding carboxylic acids is 1. The minimum absolute atomic E-state index is 0.105. The number of aliphatic carboxylic acids is 1. The van der Waals surface area contributed by atoms with Crippen LogP contribution in [-0.2, 0) is 9.59 Å². The first-order chi connectivity index (χ1) is 7.59. The van der Waals surface area contributed by atoms with Crippen molar-refractivity contribution in [1.82, 2.24) is 15.3 Å². The maximum atomic E-state index is 11.3. The van der Waals surface area contributed by atoms with E-state index in [1.807, 2.05) is 0 Å². The van der Waals surface area contributed by atoms with Crippen molar-refractivity contribution in [3.05, 3.63) is 18.5 Å². The normalized spacial score (nSPS) is 11.8. The van der Waals surface area contributed by atoms with Gasteiger partial charge in [-0.2, -0.15) is 0 Å². The van der Waals surface area contributed by atoms with Crippen LogP contribution in [0.2, 0.25) is 0 Å². The summed E-state index contributed by atoms with van der Waals surface area (Å²) in [6.07, 6.45) is 2.99. The summed E-state index contributed by atoms with van der Waals surface area (Å²) in [4.78, 5) is 29.3. The second-order valence-corrected chi connectivity index (χ2v) is 3.06. The average molecular weight is 224 g/mol. The van der Waals surface area contributed by atoms with Gasteiger partial charge in [0.1, 0.15) is 6.04 Å². The van der Waals surface area contributed by atoms with Gasteiger partial charge in [0, 0.05) is 12.4 Å². The van der Waals surface area contributed by atoms with Gasteiger partial charge in [0.25, 0.3) is 0 Å². The fourth-order valence-corrected chi connectivity index (χ4v) is 0.866. The summed E-state index contributed by atoms with van der Waals surface area (Å²) >= 11 is 0. The third-order valence-electron chi connectivity index (χ3n) is 1.76. The molecule has 0 bridgehead atoms. The molecule has 3 N–H and O–H groups in total. The van der Waals surface area contributed by atoms with Gasteiger partial charge in [-0.1, -0.05) is 0 Å². The van der Waals surface area contributed by atoms with E-state index in [0.29, 0.717) is 0 Å². The van der Waals surface area contributed by atoms with E-state index in [1.165, 1.54) is 19.3 Å². The number of anilines is 1. The van der Waals surface area contributed by atoms with Gasteiger partial charge in [0.05, 0.1) is 6.54 Å². The molecular formula is C9H12N4O3. The fourth-order valence-electron chi connectivity index (χ4n) is 0.866. The predicted octanol–water partition coefficient (Wildman–Crippen LogP) is -0.522. The molecule has 0 spiro atoms. The molecule has 0 saturated heterocycles. The molecule has 0 aromatic carbocycles. The number of hydrogen-bond donors (Lipinski definition) is 3. The molecule has 0 saturated carbocycles. The van der Waals surface area contributed by atoms with E-state index in [0.717, 1.165) is 0 Å². The van der Waals surface area contributed by atoms with Gasteiger partial charge in [0.15, 0.2) is 0 Å². The first-order valence-corrected chi connectivity index (χ1v) is 4.62. The predicted molar refractivity (Wildman–Crippen MR) is 55.8 cm³/mol. The smallest absolute Gasteiger partial charge is 0.320 e. The van der Waals surface area contributed by atoms with Crippen LogP contribution in [0.4, 0.5) is 5.95 Å². The molecule has 7 nitrogen and oxygen atoms in total. The Labute approximate surface area is 91.9 Å². The molecule has 0 fully saturated rings. The molecule has 1 rings (SSSR count). The van der Waals surface area contributed by atoms with Crippen LogP contribution in [0.1, 0.15) is 6.92 Å². The zero-order chi connectivity index (χ0) is 12.0. The number of amides is 1. The first kappa shape index (κ1) is 12.1. The van der Waals surface area contributed by atoms with Crippen molar-refractivity contribution in [2.75, 3.05) is 11.9 Å². The zero-order valence-corrected chi connectivity index (χ0v) is 8.67. The molecule has 0 aliphatic heterocycles. The molecular weight excluding hydrogens is 212 g/mol. The molecule has 86 valence electrons. The Morgan fingerprint density at radius 2 is 2.06 bits per heavy atom. The number of carbonyl (C=O) groups is 2. The highest BCUT2D eigenvalue weighted by Crippen LogP contribution is 1.92. The minimum Gasteiger partial charge on any atom is -0.480 e. The van der Waals surface area contributed by atoms with Crippen molar-refractivity contribution in [3.8, 4) is 0 Å². The molecule has 1 heterocycles. The second kappa shape index (κ2) is 5.76. The van der Waals surface area contributed by atoms with Gasteiger partial charge < -0.3 is 5.11 Å². The van der Waals surface area contributed by atoms with E-state index >= 15 is 0 Å². The lowest BCUT2D eigenvalue weighted by Crippen LogP contribution is -2.39. The van der Waals surface area contributed by atoms with Crippen LogP contribution < -0.4 is 10.6 Å². The lowest BCUT2D eigenvalue weighted by Gasteiger charge is -2.08. The van der Waals surface area contributed by atoms with E-state index in [4.69, 9.17) is 5.11 Å². The summed E-state index contributed by atoms with van der Waals surface area (Å²) in [6.45, 7) is 1.35. The van der Waals surface area contributed by atoms with Crippen molar-refractivity contribution in [2.24, 2.45) is 0 Å². The van der Waals surface area contributed by atoms with Crippen LogP contribution >= 0.6 is 0 Å². The highest BCUT2D eigenvalue weighted by atomic mass is 16.4. The maximum absolute atomic E-state index is 11.3. The van der Waals surface area contributed by atoms with Gasteiger partial charge in [-0.15, -0.1) is 0 Å². The van der Waals surface area contributed by atoms with Crippen LogP contribution in [0.3, 0.4) is 0 Å².